The molecule has 31 heavy (non-hydrogen) atoms. The van der Waals surface area contributed by atoms with Crippen LogP contribution in [0.2, 0.25) is 0 Å². The molecule has 1 unspecified atom stereocenters. The number of ether oxygens (including phenoxy) is 1. The highest BCUT2D eigenvalue weighted by atomic mass is 32.2. The molecule has 1 aromatic carbocycles. The summed E-state index contributed by atoms with van der Waals surface area (Å²) in [5, 5.41) is 4.63. The second-order valence-corrected chi connectivity index (χ2v) is 9.14. The number of nitrogens with one attached hydrogen (secondary N) is 2. The standard InChI is InChI=1S/C20H19F3N2O4S2/c1-3-4-11-8-12(19(28)29-2)18(30-11)25-16(26)9-15-17(27)24-13-7-10(20(21,22)23)5-6-14(13)31-15/h5-8,15H,3-4,9H2,1-2H3,(H,24,27)(H,25,26). The van der Waals surface area contributed by atoms with E-state index >= 15 is 0 Å². The van der Waals surface area contributed by atoms with Crippen molar-refractivity contribution < 1.29 is 32.3 Å². The fraction of sp³-hybridized carbons (Fsp3) is 0.350. The first-order valence-corrected chi connectivity index (χ1v) is 11.0. The predicted octanol–water partition coefficient (Wildman–Crippen LogP) is 4.95. The Morgan fingerprint density at radius 1 is 1.26 bits per heavy atom. The first kappa shape index (κ1) is 23.1. The number of halogens is 3. The summed E-state index contributed by atoms with van der Waals surface area (Å²) in [5.74, 6) is -1.62. The molecule has 0 spiro atoms. The fourth-order valence-corrected chi connectivity index (χ4v) is 5.23. The number of esters is 1. The molecule has 1 aliphatic rings. The van der Waals surface area contributed by atoms with Gasteiger partial charge in [0.05, 0.1) is 29.2 Å². The lowest BCUT2D eigenvalue weighted by Crippen LogP contribution is -2.32. The lowest BCUT2D eigenvalue weighted by atomic mass is 10.1. The predicted molar refractivity (Wildman–Crippen MR) is 113 cm³/mol. The number of benzene rings is 1. The van der Waals surface area contributed by atoms with Gasteiger partial charge in [0, 0.05) is 16.2 Å². The third-order valence-corrected chi connectivity index (χ3v) is 6.82. The van der Waals surface area contributed by atoms with Gasteiger partial charge >= 0.3 is 12.1 Å². The van der Waals surface area contributed by atoms with Crippen LogP contribution < -0.4 is 10.6 Å². The van der Waals surface area contributed by atoms with Gasteiger partial charge in [0.1, 0.15) is 5.00 Å². The van der Waals surface area contributed by atoms with Crippen LogP contribution in [0.4, 0.5) is 23.9 Å². The van der Waals surface area contributed by atoms with Gasteiger partial charge in [-0.3, -0.25) is 9.59 Å². The molecule has 2 heterocycles. The van der Waals surface area contributed by atoms with Crippen LogP contribution in [0.5, 0.6) is 0 Å². The van der Waals surface area contributed by atoms with E-state index < -0.39 is 34.8 Å². The maximum atomic E-state index is 12.9. The van der Waals surface area contributed by atoms with Gasteiger partial charge in [-0.25, -0.2) is 4.79 Å². The monoisotopic (exact) mass is 472 g/mol. The van der Waals surface area contributed by atoms with Crippen LogP contribution in [-0.4, -0.2) is 30.1 Å². The quantitative estimate of drug-likeness (QED) is 0.582. The Bertz CT molecular complexity index is 1020. The molecular weight excluding hydrogens is 453 g/mol. The number of thioether (sulfide) groups is 1. The Morgan fingerprint density at radius 3 is 2.65 bits per heavy atom. The van der Waals surface area contributed by atoms with Crippen molar-refractivity contribution in [2.45, 2.75) is 42.5 Å². The molecule has 11 heteroatoms. The summed E-state index contributed by atoms with van der Waals surface area (Å²) in [5.41, 5.74) is -0.550. The van der Waals surface area contributed by atoms with Crippen molar-refractivity contribution in [2.24, 2.45) is 0 Å². The smallest absolute Gasteiger partial charge is 0.416 e. The lowest BCUT2D eigenvalue weighted by Gasteiger charge is -2.24. The summed E-state index contributed by atoms with van der Waals surface area (Å²) in [4.78, 5) is 38.3. The number of hydrogen-bond acceptors (Lipinski definition) is 6. The molecule has 0 bridgehead atoms. The Hall–Kier alpha value is -2.53. The van der Waals surface area contributed by atoms with E-state index in [4.69, 9.17) is 4.74 Å². The van der Waals surface area contributed by atoms with Crippen LogP contribution in [0.3, 0.4) is 0 Å². The van der Waals surface area contributed by atoms with Crippen LogP contribution in [0.25, 0.3) is 0 Å². The number of amides is 2. The molecule has 2 aromatic rings. The van der Waals surface area contributed by atoms with Gasteiger partial charge < -0.3 is 15.4 Å². The van der Waals surface area contributed by atoms with Gasteiger partial charge in [0.25, 0.3) is 0 Å². The molecule has 3 rings (SSSR count). The van der Waals surface area contributed by atoms with E-state index in [1.54, 1.807) is 6.07 Å². The lowest BCUT2D eigenvalue weighted by molar-refractivity contribution is -0.137. The van der Waals surface area contributed by atoms with Crippen molar-refractivity contribution in [2.75, 3.05) is 17.7 Å². The molecule has 166 valence electrons. The SMILES string of the molecule is CCCc1cc(C(=O)OC)c(NC(=O)CC2Sc3ccc(C(F)(F)F)cc3NC2=O)s1. The largest absolute Gasteiger partial charge is 0.465 e. The topological polar surface area (TPSA) is 84.5 Å². The number of rotatable bonds is 6. The zero-order chi connectivity index (χ0) is 22.8. The normalized spacial score (nSPS) is 15.8. The number of carbonyl (C=O) groups is 3. The highest BCUT2D eigenvalue weighted by Crippen LogP contribution is 2.41. The van der Waals surface area contributed by atoms with E-state index in [0.29, 0.717) is 9.90 Å². The molecule has 0 fully saturated rings. The molecule has 6 nitrogen and oxygen atoms in total. The number of aryl methyl sites for hydroxylation is 1. The van der Waals surface area contributed by atoms with E-state index in [-0.39, 0.29) is 17.7 Å². The van der Waals surface area contributed by atoms with Crippen LogP contribution >= 0.6 is 23.1 Å². The number of fused-ring (bicyclic) bond motifs is 1. The molecular formula is C20H19F3N2O4S2. The first-order chi connectivity index (χ1) is 14.6. The number of carbonyl (C=O) groups excluding carboxylic acids is 3. The highest BCUT2D eigenvalue weighted by Gasteiger charge is 2.34. The van der Waals surface area contributed by atoms with Crippen molar-refractivity contribution in [3.8, 4) is 0 Å². The minimum Gasteiger partial charge on any atom is -0.465 e. The summed E-state index contributed by atoms with van der Waals surface area (Å²) in [6, 6.07) is 4.76. The number of alkyl halides is 3. The Labute approximate surface area is 184 Å². The van der Waals surface area contributed by atoms with Gasteiger partial charge in [0.15, 0.2) is 0 Å². The number of hydrogen-bond donors (Lipinski definition) is 2. The fourth-order valence-electron chi connectivity index (χ4n) is 2.97. The molecule has 0 aliphatic carbocycles. The minimum atomic E-state index is -4.52. The summed E-state index contributed by atoms with van der Waals surface area (Å²) < 4.78 is 43.4. The first-order valence-electron chi connectivity index (χ1n) is 9.32. The van der Waals surface area contributed by atoms with E-state index in [2.05, 4.69) is 10.6 Å². The van der Waals surface area contributed by atoms with Crippen LogP contribution in [0.1, 0.15) is 40.6 Å². The van der Waals surface area contributed by atoms with Gasteiger partial charge in [-0.15, -0.1) is 23.1 Å². The molecule has 1 aliphatic heterocycles. The van der Waals surface area contributed by atoms with Crippen molar-refractivity contribution >= 4 is 51.6 Å². The van der Waals surface area contributed by atoms with Crippen molar-refractivity contribution in [1.82, 2.24) is 0 Å². The third-order valence-electron chi connectivity index (χ3n) is 4.43. The van der Waals surface area contributed by atoms with Crippen LogP contribution in [0, 0.1) is 0 Å². The molecule has 2 amide bonds. The highest BCUT2D eigenvalue weighted by molar-refractivity contribution is 8.01. The molecule has 1 atom stereocenters. The average molecular weight is 473 g/mol. The number of methoxy groups -OCH3 is 1. The zero-order valence-electron chi connectivity index (χ0n) is 16.6. The molecule has 0 radical (unpaired) electrons. The summed E-state index contributed by atoms with van der Waals surface area (Å²) >= 11 is 2.29. The Balaban J connectivity index is 1.72. The second kappa shape index (κ2) is 9.31. The number of thiophene rings is 1. The average Bonchev–Trinajstić information content (AvgIpc) is 3.09. The van der Waals surface area contributed by atoms with Gasteiger partial charge in [-0.1, -0.05) is 13.3 Å². The zero-order valence-corrected chi connectivity index (χ0v) is 18.2. The van der Waals surface area contributed by atoms with Crippen molar-refractivity contribution in [3.05, 3.63) is 40.3 Å². The third kappa shape index (κ3) is 5.40. The van der Waals surface area contributed by atoms with E-state index in [9.17, 15) is 27.6 Å². The summed E-state index contributed by atoms with van der Waals surface area (Å²) in [6.07, 6.45) is -3.13. The molecule has 0 saturated heterocycles. The Kier molecular flexibility index (Phi) is 6.95. The summed E-state index contributed by atoms with van der Waals surface area (Å²) in [7, 11) is 1.25. The Morgan fingerprint density at radius 2 is 2.00 bits per heavy atom. The van der Waals surface area contributed by atoms with Gasteiger partial charge in [-0.2, -0.15) is 13.2 Å². The van der Waals surface area contributed by atoms with Crippen LogP contribution in [-0.2, 0) is 26.9 Å². The van der Waals surface area contributed by atoms with Gasteiger partial charge in [0.2, 0.25) is 11.8 Å². The second-order valence-electron chi connectivity index (χ2n) is 6.75. The maximum Gasteiger partial charge on any atom is 0.416 e. The molecule has 0 saturated carbocycles. The minimum absolute atomic E-state index is 0.0666. The maximum absolute atomic E-state index is 12.9. The van der Waals surface area contributed by atoms with E-state index in [0.717, 1.165) is 41.6 Å². The number of anilines is 2. The van der Waals surface area contributed by atoms with E-state index in [1.807, 2.05) is 6.92 Å². The van der Waals surface area contributed by atoms with E-state index in [1.165, 1.54) is 24.5 Å². The molecule has 1 aromatic heterocycles. The van der Waals surface area contributed by atoms with Crippen LogP contribution in [0.15, 0.2) is 29.2 Å². The van der Waals surface area contributed by atoms with Crippen molar-refractivity contribution in [1.29, 1.82) is 0 Å². The molecule has 2 N–H and O–H groups in total. The van der Waals surface area contributed by atoms with Crippen molar-refractivity contribution in [3.63, 3.8) is 0 Å². The summed E-state index contributed by atoms with van der Waals surface area (Å²) in [6.45, 7) is 1.99. The van der Waals surface area contributed by atoms with Gasteiger partial charge in [-0.05, 0) is 30.7 Å².